The number of benzene rings is 2. The Kier molecular flexibility index (Phi) is 11.6. The average Bonchev–Trinajstić information content (AvgIpc) is 3.56. The second-order valence-electron chi connectivity index (χ2n) is 16.6. The van der Waals surface area contributed by atoms with Crippen molar-refractivity contribution in [1.29, 1.82) is 0 Å². The van der Waals surface area contributed by atoms with Crippen LogP contribution < -0.4 is 31.1 Å². The van der Waals surface area contributed by atoms with Gasteiger partial charge in [-0.2, -0.15) is 4.39 Å². The van der Waals surface area contributed by atoms with Crippen molar-refractivity contribution in [3.63, 3.8) is 0 Å². The van der Waals surface area contributed by atoms with E-state index in [1.54, 1.807) is 33.9 Å². The lowest BCUT2D eigenvalue weighted by Gasteiger charge is -2.38. The molecule has 3 aromatic rings. The summed E-state index contributed by atoms with van der Waals surface area (Å²) in [6.45, 7) is 9.18. The van der Waals surface area contributed by atoms with Gasteiger partial charge in [-0.3, -0.25) is 19.8 Å². The van der Waals surface area contributed by atoms with Gasteiger partial charge in [0, 0.05) is 82.9 Å². The van der Waals surface area contributed by atoms with Gasteiger partial charge in [0.1, 0.15) is 5.82 Å². The molecular formula is C42H53F2N11O4. The third-order valence-corrected chi connectivity index (χ3v) is 12.8. The molecule has 5 saturated heterocycles. The molecule has 4 N–H and O–H groups in total. The number of nitrogens with two attached hydrogens (primary N) is 1. The van der Waals surface area contributed by atoms with E-state index in [9.17, 15) is 19.2 Å². The number of piperidine rings is 3. The molecule has 0 spiro atoms. The van der Waals surface area contributed by atoms with Gasteiger partial charge in [-0.15, -0.1) is 0 Å². The molecule has 0 aliphatic carbocycles. The lowest BCUT2D eigenvalue weighted by Crippen LogP contribution is -2.49. The number of halogens is 2. The number of nitrogens with zero attached hydrogens (tertiary/aromatic N) is 8. The van der Waals surface area contributed by atoms with Gasteiger partial charge < -0.3 is 35.6 Å². The van der Waals surface area contributed by atoms with Gasteiger partial charge in [-0.05, 0) is 112 Å². The van der Waals surface area contributed by atoms with Crippen molar-refractivity contribution < 1.29 is 28.0 Å². The van der Waals surface area contributed by atoms with E-state index in [4.69, 9.17) is 5.73 Å². The highest BCUT2D eigenvalue weighted by Gasteiger charge is 2.36. The van der Waals surface area contributed by atoms with Crippen molar-refractivity contribution in [3.8, 4) is 0 Å². The molecule has 15 nitrogen and oxygen atoms in total. The standard InChI is InChI=1S/C42H53F2N11O4/c1-26-22-30(6-8-34(26)55-19-13-35(56)47-41(55)58)52-17-9-27(10-18-52)24-51-15-11-28(12-16-51)32-7-5-29(23-33(32)43)46-39-36(38(45)57)48-37(44)40(49-39)53-14-3-4-31(25-53)54-21-20-50(2)42(54)59/h5-8,22-23,27-28,31H,3-4,9-21,24-25H2,1-2H3,(H2,45,57)(H,46,49)(H,47,56,58)/t31-/m1/s1. The van der Waals surface area contributed by atoms with E-state index in [0.29, 0.717) is 56.3 Å². The molecule has 2 aromatic carbocycles. The van der Waals surface area contributed by atoms with Gasteiger partial charge in [0.2, 0.25) is 5.91 Å². The van der Waals surface area contributed by atoms with Crippen molar-refractivity contribution in [2.45, 2.75) is 63.8 Å². The van der Waals surface area contributed by atoms with Crippen LogP contribution in [-0.4, -0.2) is 127 Å². The first-order valence-electron chi connectivity index (χ1n) is 20.8. The van der Waals surface area contributed by atoms with Crippen LogP contribution in [0.4, 0.5) is 47.1 Å². The number of primary amides is 1. The third-order valence-electron chi connectivity index (χ3n) is 12.8. The first-order chi connectivity index (χ1) is 28.4. The van der Waals surface area contributed by atoms with E-state index >= 15 is 8.78 Å². The van der Waals surface area contributed by atoms with Crippen LogP contribution in [-0.2, 0) is 4.79 Å². The lowest BCUT2D eigenvalue weighted by atomic mass is 9.88. The minimum absolute atomic E-state index is 0.0523. The Bertz CT molecular complexity index is 2110. The largest absolute Gasteiger partial charge is 0.372 e. The van der Waals surface area contributed by atoms with Crippen molar-refractivity contribution in [3.05, 3.63) is 65.0 Å². The highest BCUT2D eigenvalue weighted by Crippen LogP contribution is 2.35. The Morgan fingerprint density at radius 2 is 1.68 bits per heavy atom. The summed E-state index contributed by atoms with van der Waals surface area (Å²) in [5.74, 6) is -1.97. The van der Waals surface area contributed by atoms with E-state index in [1.165, 1.54) is 6.07 Å². The number of hydrogen-bond acceptors (Lipinski definition) is 10. The number of carbonyl (C=O) groups is 4. The van der Waals surface area contributed by atoms with Crippen LogP contribution in [0.3, 0.4) is 0 Å². The number of likely N-dealkylation sites (N-methyl/N-ethyl adjacent to an activating group) is 1. The normalized spacial score (nSPS) is 21.4. The number of likely N-dealkylation sites (tertiary alicyclic amines) is 1. The SMILES string of the molecule is Cc1cc(N2CCC(CN3CCC(c4ccc(Nc5nc(N6CCC[C@@H](N7CCN(C)C7=O)C6)c(F)nc5C(N)=O)cc4F)CC3)CC2)ccc1N1CCC(=O)NC1=O. The molecule has 1 aromatic heterocycles. The van der Waals surface area contributed by atoms with Crippen molar-refractivity contribution >= 4 is 52.6 Å². The molecule has 0 unspecified atom stereocenters. The molecular weight excluding hydrogens is 761 g/mol. The van der Waals surface area contributed by atoms with Crippen molar-refractivity contribution in [2.24, 2.45) is 11.7 Å². The zero-order chi connectivity index (χ0) is 41.4. The van der Waals surface area contributed by atoms with Gasteiger partial charge in [0.15, 0.2) is 17.3 Å². The number of urea groups is 2. The smallest absolute Gasteiger partial charge is 0.328 e. The Hall–Kier alpha value is -5.58. The van der Waals surface area contributed by atoms with Crippen LogP contribution in [0.1, 0.15) is 72.5 Å². The Morgan fingerprint density at radius 3 is 2.36 bits per heavy atom. The number of amides is 6. The van der Waals surface area contributed by atoms with E-state index in [1.807, 2.05) is 17.9 Å². The summed E-state index contributed by atoms with van der Waals surface area (Å²) in [6.07, 6.45) is 5.63. The topological polar surface area (TPSA) is 164 Å². The highest BCUT2D eigenvalue weighted by molar-refractivity contribution is 6.06. The van der Waals surface area contributed by atoms with Crippen LogP contribution in [0.15, 0.2) is 36.4 Å². The lowest BCUT2D eigenvalue weighted by molar-refractivity contribution is -0.120. The summed E-state index contributed by atoms with van der Waals surface area (Å²) in [7, 11) is 1.76. The molecule has 5 fully saturated rings. The van der Waals surface area contributed by atoms with E-state index < -0.39 is 11.9 Å². The second-order valence-corrected chi connectivity index (χ2v) is 16.6. The fraction of sp³-hybridized carbons (Fsp3) is 0.524. The van der Waals surface area contributed by atoms with E-state index in [0.717, 1.165) is 88.2 Å². The van der Waals surface area contributed by atoms with Gasteiger partial charge in [0.25, 0.3) is 11.9 Å². The summed E-state index contributed by atoms with van der Waals surface area (Å²) < 4.78 is 31.2. The summed E-state index contributed by atoms with van der Waals surface area (Å²) in [5, 5.41) is 5.38. The molecule has 0 radical (unpaired) electrons. The molecule has 17 heteroatoms. The maximum absolute atomic E-state index is 15.8. The molecule has 0 saturated carbocycles. The van der Waals surface area contributed by atoms with Crippen LogP contribution in [0.2, 0.25) is 0 Å². The van der Waals surface area contributed by atoms with Crippen LogP contribution in [0.5, 0.6) is 0 Å². The summed E-state index contributed by atoms with van der Waals surface area (Å²) >= 11 is 0. The van der Waals surface area contributed by atoms with Crippen LogP contribution >= 0.6 is 0 Å². The fourth-order valence-electron chi connectivity index (χ4n) is 9.45. The number of rotatable bonds is 10. The van der Waals surface area contributed by atoms with E-state index in [-0.39, 0.29) is 53.1 Å². The number of aryl methyl sites for hydroxylation is 1. The van der Waals surface area contributed by atoms with Crippen LogP contribution in [0, 0.1) is 24.6 Å². The molecule has 1 atom stereocenters. The predicted molar refractivity (Wildman–Crippen MR) is 220 cm³/mol. The molecule has 8 rings (SSSR count). The van der Waals surface area contributed by atoms with Gasteiger partial charge in [0.05, 0.1) is 6.04 Å². The summed E-state index contributed by atoms with van der Waals surface area (Å²) in [6, 6.07) is 10.5. The summed E-state index contributed by atoms with van der Waals surface area (Å²) in [4.78, 5) is 69.0. The molecule has 6 heterocycles. The molecule has 59 heavy (non-hydrogen) atoms. The molecule has 5 aliphatic rings. The maximum atomic E-state index is 15.8. The average molecular weight is 814 g/mol. The Labute approximate surface area is 342 Å². The number of carbonyl (C=O) groups excluding carboxylic acids is 4. The number of aromatic nitrogens is 2. The minimum atomic E-state index is -0.964. The quantitative estimate of drug-likeness (QED) is 0.260. The Morgan fingerprint density at radius 1 is 0.898 bits per heavy atom. The number of imide groups is 1. The summed E-state index contributed by atoms with van der Waals surface area (Å²) in [5.41, 5.74) is 9.14. The van der Waals surface area contributed by atoms with Crippen molar-refractivity contribution in [2.75, 3.05) is 92.5 Å². The van der Waals surface area contributed by atoms with Crippen molar-refractivity contribution in [1.82, 2.24) is 30.0 Å². The zero-order valence-electron chi connectivity index (χ0n) is 33.8. The molecule has 0 bridgehead atoms. The second kappa shape index (κ2) is 17.0. The third kappa shape index (κ3) is 8.61. The Balaban J connectivity index is 0.841. The number of hydrogen-bond donors (Lipinski definition) is 3. The monoisotopic (exact) mass is 813 g/mol. The van der Waals surface area contributed by atoms with Gasteiger partial charge in [-0.1, -0.05) is 6.07 Å². The van der Waals surface area contributed by atoms with Gasteiger partial charge in [-0.25, -0.2) is 23.9 Å². The first kappa shape index (κ1) is 40.2. The first-order valence-corrected chi connectivity index (χ1v) is 20.8. The fourth-order valence-corrected chi connectivity index (χ4v) is 9.45. The highest BCUT2D eigenvalue weighted by atomic mass is 19.1. The predicted octanol–water partition coefficient (Wildman–Crippen LogP) is 4.78. The van der Waals surface area contributed by atoms with Gasteiger partial charge >= 0.3 is 12.1 Å². The van der Waals surface area contributed by atoms with Crippen LogP contribution in [0.25, 0.3) is 0 Å². The zero-order valence-corrected chi connectivity index (χ0v) is 33.8. The van der Waals surface area contributed by atoms with E-state index in [2.05, 4.69) is 42.5 Å². The number of anilines is 5. The molecule has 6 amide bonds. The molecule has 314 valence electrons. The molecule has 5 aliphatic heterocycles. The number of nitrogens with one attached hydrogen (secondary N) is 2. The minimum Gasteiger partial charge on any atom is -0.372 e. The maximum Gasteiger partial charge on any atom is 0.328 e.